The minimum Gasteiger partial charge on any atom is -0.490 e. The normalized spacial score (nSPS) is 23.1. The Kier molecular flexibility index (Phi) is 5.13. The molecule has 3 N–H and O–H groups in total. The summed E-state index contributed by atoms with van der Waals surface area (Å²) >= 11 is 0. The molecule has 4 heteroatoms. The first-order chi connectivity index (χ1) is 8.66. The maximum absolute atomic E-state index is 14.1. The van der Waals surface area contributed by atoms with E-state index >= 15 is 0 Å². The number of rotatable bonds is 7. The van der Waals surface area contributed by atoms with E-state index in [1.54, 1.807) is 13.8 Å². The van der Waals surface area contributed by atoms with Crippen LogP contribution in [-0.2, 0) is 4.74 Å². The largest absolute Gasteiger partial charge is 0.490 e. The van der Waals surface area contributed by atoms with Gasteiger partial charge >= 0.3 is 0 Å². The molecule has 2 unspecified atom stereocenters. The first-order valence-corrected chi connectivity index (χ1v) is 7.01. The fourth-order valence-corrected chi connectivity index (χ4v) is 2.00. The molecule has 0 aromatic heterocycles. The van der Waals surface area contributed by atoms with Crippen LogP contribution in [0.15, 0.2) is 11.6 Å². The number of allylic oxidation sites excluding steroid dienone is 1. The molecule has 1 fully saturated rings. The minimum absolute atomic E-state index is 0.0740. The maximum Gasteiger partial charge on any atom is 0.139 e. The number of hydrogen-bond donors (Lipinski definition) is 2. The average Bonchev–Trinajstić information content (AvgIpc) is 3.04. The van der Waals surface area contributed by atoms with Gasteiger partial charge in [0.25, 0.3) is 0 Å². The average molecular weight is 270 g/mol. The third kappa shape index (κ3) is 4.60. The van der Waals surface area contributed by atoms with Gasteiger partial charge in [0.2, 0.25) is 0 Å². The first kappa shape index (κ1) is 16.2. The summed E-state index contributed by atoms with van der Waals surface area (Å²) in [4.78, 5) is 0. The van der Waals surface area contributed by atoms with Crippen LogP contribution in [0.1, 0.15) is 53.9 Å². The zero-order chi connectivity index (χ0) is 14.8. The van der Waals surface area contributed by atoms with Gasteiger partial charge in [-0.3, -0.25) is 0 Å². The highest BCUT2D eigenvalue weighted by atomic mass is 19.1. The fourth-order valence-electron chi connectivity index (χ4n) is 2.00. The summed E-state index contributed by atoms with van der Waals surface area (Å²) in [6, 6.07) is -0.291. The van der Waals surface area contributed by atoms with Crippen molar-refractivity contribution in [1.29, 1.82) is 5.41 Å². The van der Waals surface area contributed by atoms with Crippen LogP contribution < -0.4 is 5.73 Å². The Hall–Kier alpha value is -0.900. The molecule has 1 aliphatic carbocycles. The van der Waals surface area contributed by atoms with Crippen LogP contribution in [0.5, 0.6) is 0 Å². The molecule has 1 rings (SSSR count). The highest BCUT2D eigenvalue weighted by Gasteiger charge is 2.40. The van der Waals surface area contributed by atoms with Crippen LogP contribution in [0.2, 0.25) is 0 Å². The van der Waals surface area contributed by atoms with E-state index in [-0.39, 0.29) is 35.7 Å². The summed E-state index contributed by atoms with van der Waals surface area (Å²) in [6.45, 7) is 9.36. The third-order valence-electron chi connectivity index (χ3n) is 4.30. The van der Waals surface area contributed by atoms with E-state index in [2.05, 4.69) is 0 Å². The molecule has 0 aromatic carbocycles. The lowest BCUT2D eigenvalue weighted by Crippen LogP contribution is -2.34. The van der Waals surface area contributed by atoms with Crippen molar-refractivity contribution in [2.24, 2.45) is 17.6 Å². The van der Waals surface area contributed by atoms with Crippen LogP contribution in [0.25, 0.3) is 0 Å². The van der Waals surface area contributed by atoms with Crippen molar-refractivity contribution in [1.82, 2.24) is 0 Å². The molecule has 19 heavy (non-hydrogen) atoms. The van der Waals surface area contributed by atoms with E-state index in [0.717, 1.165) is 12.8 Å². The summed E-state index contributed by atoms with van der Waals surface area (Å²) in [5, 5.41) is 7.63. The second-order valence-corrected chi connectivity index (χ2v) is 6.21. The van der Waals surface area contributed by atoms with E-state index in [0.29, 0.717) is 11.5 Å². The van der Waals surface area contributed by atoms with Crippen molar-refractivity contribution in [2.45, 2.75) is 65.5 Å². The molecule has 0 amide bonds. The third-order valence-corrected chi connectivity index (χ3v) is 4.30. The van der Waals surface area contributed by atoms with Gasteiger partial charge in [-0.15, -0.1) is 0 Å². The lowest BCUT2D eigenvalue weighted by atomic mass is 9.85. The Morgan fingerprint density at radius 1 is 1.37 bits per heavy atom. The Bertz CT molecular complexity index is 374. The lowest BCUT2D eigenvalue weighted by Gasteiger charge is -2.25. The van der Waals surface area contributed by atoms with Gasteiger partial charge in [0.1, 0.15) is 17.2 Å². The van der Waals surface area contributed by atoms with Gasteiger partial charge < -0.3 is 15.9 Å². The van der Waals surface area contributed by atoms with Gasteiger partial charge in [-0.1, -0.05) is 13.8 Å². The number of halogens is 1. The summed E-state index contributed by atoms with van der Waals surface area (Å²) in [5.74, 6) is 0.252. The Balaban J connectivity index is 2.57. The van der Waals surface area contributed by atoms with Crippen molar-refractivity contribution in [3.63, 3.8) is 0 Å². The van der Waals surface area contributed by atoms with E-state index in [1.165, 1.54) is 0 Å². The minimum atomic E-state index is -0.291. The van der Waals surface area contributed by atoms with Gasteiger partial charge in [0.15, 0.2) is 0 Å². The van der Waals surface area contributed by atoms with E-state index in [9.17, 15) is 4.39 Å². The first-order valence-electron chi connectivity index (χ1n) is 7.01. The second-order valence-electron chi connectivity index (χ2n) is 6.21. The number of nitrogens with one attached hydrogen (secondary N) is 1. The molecule has 0 aliphatic heterocycles. The molecule has 1 aliphatic rings. The zero-order valence-electron chi connectivity index (χ0n) is 12.7. The predicted octanol–water partition coefficient (Wildman–Crippen LogP) is 3.79. The SMILES string of the molecule is CC(=N)C(C)C(C)[C@H](N)C/C(F)=C(\C)OC1(C)CC1. The highest BCUT2D eigenvalue weighted by molar-refractivity contribution is 5.81. The standard InChI is InChI=1S/C15H27FN2O/c1-9(11(3)17)10(2)14(18)8-13(16)12(4)19-15(5)6-7-15/h9-10,14,17H,6-8,18H2,1-5H3/b13-12-,17-11?/t9?,10?,14-/m1/s1. The molecule has 0 saturated heterocycles. The fraction of sp³-hybridized carbons (Fsp3) is 0.800. The number of hydrogen-bond acceptors (Lipinski definition) is 3. The molecule has 3 atom stereocenters. The van der Waals surface area contributed by atoms with Crippen molar-refractivity contribution < 1.29 is 9.13 Å². The molecule has 0 spiro atoms. The monoisotopic (exact) mass is 270 g/mol. The second kappa shape index (κ2) is 6.04. The quantitative estimate of drug-likeness (QED) is 0.546. The Morgan fingerprint density at radius 2 is 1.89 bits per heavy atom. The van der Waals surface area contributed by atoms with Crippen molar-refractivity contribution in [3.05, 3.63) is 11.6 Å². The summed E-state index contributed by atoms with van der Waals surface area (Å²) in [6.07, 6.45) is 2.16. The zero-order valence-corrected chi connectivity index (χ0v) is 12.7. The number of ether oxygens (including phenoxy) is 1. The number of nitrogens with two attached hydrogens (primary N) is 1. The highest BCUT2D eigenvalue weighted by Crippen LogP contribution is 2.41. The molecule has 0 heterocycles. The van der Waals surface area contributed by atoms with Gasteiger partial charge in [0, 0.05) is 18.2 Å². The van der Waals surface area contributed by atoms with Crippen molar-refractivity contribution in [2.75, 3.05) is 0 Å². The summed E-state index contributed by atoms with van der Waals surface area (Å²) in [7, 11) is 0. The molecule has 3 nitrogen and oxygen atoms in total. The van der Waals surface area contributed by atoms with Crippen molar-refractivity contribution in [3.8, 4) is 0 Å². The summed E-state index contributed by atoms with van der Waals surface area (Å²) < 4.78 is 19.7. The van der Waals surface area contributed by atoms with E-state index in [4.69, 9.17) is 15.9 Å². The van der Waals surface area contributed by atoms with Gasteiger partial charge in [-0.2, -0.15) is 0 Å². The lowest BCUT2D eigenvalue weighted by molar-refractivity contribution is 0.103. The predicted molar refractivity (Wildman–Crippen MR) is 76.9 cm³/mol. The molecule has 110 valence electrons. The van der Waals surface area contributed by atoms with Crippen molar-refractivity contribution >= 4 is 5.71 Å². The summed E-state index contributed by atoms with van der Waals surface area (Å²) in [5.41, 5.74) is 6.48. The Labute approximate surface area is 115 Å². The Morgan fingerprint density at radius 3 is 2.32 bits per heavy atom. The van der Waals surface area contributed by atoms with E-state index < -0.39 is 0 Å². The molecule has 0 aromatic rings. The van der Waals surface area contributed by atoms with Crippen LogP contribution in [0, 0.1) is 17.2 Å². The van der Waals surface area contributed by atoms with Crippen LogP contribution in [0.3, 0.4) is 0 Å². The molecule has 1 saturated carbocycles. The van der Waals surface area contributed by atoms with Crippen LogP contribution >= 0.6 is 0 Å². The van der Waals surface area contributed by atoms with Crippen LogP contribution in [0.4, 0.5) is 4.39 Å². The maximum atomic E-state index is 14.1. The smallest absolute Gasteiger partial charge is 0.139 e. The molecular formula is C15H27FN2O. The van der Waals surface area contributed by atoms with Gasteiger partial charge in [-0.25, -0.2) is 4.39 Å². The molecule has 0 radical (unpaired) electrons. The molecular weight excluding hydrogens is 243 g/mol. The van der Waals surface area contributed by atoms with Crippen LogP contribution in [-0.4, -0.2) is 17.4 Å². The van der Waals surface area contributed by atoms with Gasteiger partial charge in [-0.05, 0) is 45.4 Å². The molecule has 0 bridgehead atoms. The van der Waals surface area contributed by atoms with Gasteiger partial charge in [0.05, 0.1) is 0 Å². The topological polar surface area (TPSA) is 59.1 Å². The van der Waals surface area contributed by atoms with E-state index in [1.807, 2.05) is 20.8 Å².